The summed E-state index contributed by atoms with van der Waals surface area (Å²) in [7, 11) is 1.56. The SMILES string of the molecule is CNC=O.Cc1[nH]nc2ccc(Br)cc12. The molecule has 0 aliphatic heterocycles. The molecule has 2 aromatic rings. The van der Waals surface area contributed by atoms with Crippen LogP contribution in [-0.2, 0) is 4.79 Å². The van der Waals surface area contributed by atoms with Crippen LogP contribution >= 0.6 is 15.9 Å². The van der Waals surface area contributed by atoms with Crippen LogP contribution in [-0.4, -0.2) is 23.7 Å². The summed E-state index contributed by atoms with van der Waals surface area (Å²) in [6.45, 7) is 2.02. The fourth-order valence-corrected chi connectivity index (χ4v) is 1.47. The zero-order chi connectivity index (χ0) is 11.3. The maximum Gasteiger partial charge on any atom is 0.206 e. The molecule has 1 amide bonds. The first kappa shape index (κ1) is 11.7. The molecule has 0 aliphatic carbocycles. The van der Waals surface area contributed by atoms with E-state index in [0.717, 1.165) is 15.7 Å². The normalized spacial score (nSPS) is 9.27. The molecular formula is C10H12BrN3O. The number of nitrogens with one attached hydrogen (secondary N) is 2. The van der Waals surface area contributed by atoms with Crippen molar-refractivity contribution in [1.82, 2.24) is 15.5 Å². The van der Waals surface area contributed by atoms with Crippen LogP contribution in [0, 0.1) is 6.92 Å². The molecule has 0 unspecified atom stereocenters. The Morgan fingerprint density at radius 2 is 2.20 bits per heavy atom. The summed E-state index contributed by atoms with van der Waals surface area (Å²) in [4.78, 5) is 9.06. The third-order valence-corrected chi connectivity index (χ3v) is 2.32. The van der Waals surface area contributed by atoms with Crippen molar-refractivity contribution in [3.05, 3.63) is 28.4 Å². The van der Waals surface area contributed by atoms with Gasteiger partial charge in [-0.15, -0.1) is 0 Å². The Morgan fingerprint density at radius 3 is 2.80 bits per heavy atom. The molecule has 0 atom stereocenters. The van der Waals surface area contributed by atoms with E-state index in [1.807, 2.05) is 19.1 Å². The van der Waals surface area contributed by atoms with Crippen LogP contribution in [0.5, 0.6) is 0 Å². The maximum atomic E-state index is 9.06. The Bertz CT molecular complexity index is 453. The van der Waals surface area contributed by atoms with Crippen LogP contribution in [0.4, 0.5) is 0 Å². The van der Waals surface area contributed by atoms with Crippen LogP contribution in [0.3, 0.4) is 0 Å². The lowest BCUT2D eigenvalue weighted by atomic mass is 10.2. The van der Waals surface area contributed by atoms with Crippen molar-refractivity contribution in [3.8, 4) is 0 Å². The van der Waals surface area contributed by atoms with Gasteiger partial charge in [0.1, 0.15) is 0 Å². The molecule has 0 aliphatic rings. The average molecular weight is 270 g/mol. The Kier molecular flexibility index (Phi) is 4.30. The smallest absolute Gasteiger partial charge is 0.206 e. The van der Waals surface area contributed by atoms with Crippen LogP contribution in [0.25, 0.3) is 10.9 Å². The van der Waals surface area contributed by atoms with Gasteiger partial charge >= 0.3 is 0 Å². The highest BCUT2D eigenvalue weighted by Gasteiger charge is 1.99. The number of nitrogens with zero attached hydrogens (tertiary/aromatic N) is 1. The molecule has 2 N–H and O–H groups in total. The quantitative estimate of drug-likeness (QED) is 0.778. The minimum absolute atomic E-state index is 0.625. The number of hydrogen-bond acceptors (Lipinski definition) is 2. The minimum atomic E-state index is 0.625. The van der Waals surface area contributed by atoms with Crippen molar-refractivity contribution in [2.45, 2.75) is 6.92 Å². The van der Waals surface area contributed by atoms with Crippen molar-refractivity contribution in [2.75, 3.05) is 7.05 Å². The molecule has 1 heterocycles. The number of rotatable bonds is 1. The maximum absolute atomic E-state index is 9.06. The molecule has 0 fully saturated rings. The molecule has 2 rings (SSSR count). The molecule has 1 aromatic carbocycles. The van der Waals surface area contributed by atoms with Crippen LogP contribution < -0.4 is 5.32 Å². The molecule has 0 bridgehead atoms. The van der Waals surface area contributed by atoms with Gasteiger partial charge in [0, 0.05) is 22.6 Å². The van der Waals surface area contributed by atoms with E-state index in [4.69, 9.17) is 4.79 Å². The number of carbonyl (C=O) groups is 1. The van der Waals surface area contributed by atoms with Crippen molar-refractivity contribution < 1.29 is 4.79 Å². The van der Waals surface area contributed by atoms with Crippen molar-refractivity contribution >= 4 is 33.2 Å². The highest BCUT2D eigenvalue weighted by Crippen LogP contribution is 2.19. The third kappa shape index (κ3) is 3.06. The molecule has 0 radical (unpaired) electrons. The zero-order valence-corrected chi connectivity index (χ0v) is 10.1. The van der Waals surface area contributed by atoms with Crippen LogP contribution in [0.1, 0.15) is 5.69 Å². The summed E-state index contributed by atoms with van der Waals surface area (Å²) in [6, 6.07) is 6.04. The van der Waals surface area contributed by atoms with Crippen molar-refractivity contribution in [2.24, 2.45) is 0 Å². The van der Waals surface area contributed by atoms with Gasteiger partial charge in [-0.05, 0) is 25.1 Å². The number of H-pyrrole nitrogens is 1. The minimum Gasteiger partial charge on any atom is -0.362 e. The van der Waals surface area contributed by atoms with E-state index in [2.05, 4.69) is 37.5 Å². The average Bonchev–Trinajstić information content (AvgIpc) is 2.61. The standard InChI is InChI=1S/C8H7BrN2.C2H5NO/c1-5-7-4-6(9)2-3-8(7)11-10-5;1-3-2-4/h2-4H,1H3,(H,10,11);2H,1H3,(H,3,4). The summed E-state index contributed by atoms with van der Waals surface area (Å²) in [5.74, 6) is 0. The Hall–Kier alpha value is -1.36. The predicted octanol–water partition coefficient (Wildman–Crippen LogP) is 2.00. The Morgan fingerprint density at radius 1 is 1.53 bits per heavy atom. The number of carbonyl (C=O) groups excluding carboxylic acids is 1. The van der Waals surface area contributed by atoms with Gasteiger partial charge < -0.3 is 5.32 Å². The van der Waals surface area contributed by atoms with Gasteiger partial charge in [0.25, 0.3) is 0 Å². The Balaban J connectivity index is 0.000000245. The number of aromatic nitrogens is 2. The molecule has 4 nitrogen and oxygen atoms in total. The number of amides is 1. The molecule has 80 valence electrons. The summed E-state index contributed by atoms with van der Waals surface area (Å²) in [5, 5.41) is 10.5. The highest BCUT2D eigenvalue weighted by atomic mass is 79.9. The number of halogens is 1. The Labute approximate surface area is 96.2 Å². The zero-order valence-electron chi connectivity index (χ0n) is 8.54. The second-order valence-corrected chi connectivity index (χ2v) is 3.83. The van der Waals surface area contributed by atoms with Gasteiger partial charge in [-0.2, -0.15) is 5.10 Å². The van der Waals surface area contributed by atoms with E-state index in [1.54, 1.807) is 7.05 Å². The first-order valence-corrected chi connectivity index (χ1v) is 5.19. The fraction of sp³-hybridized carbons (Fsp3) is 0.200. The van der Waals surface area contributed by atoms with Gasteiger partial charge in [0.2, 0.25) is 6.41 Å². The molecule has 0 saturated heterocycles. The highest BCUT2D eigenvalue weighted by molar-refractivity contribution is 9.10. The topological polar surface area (TPSA) is 57.8 Å². The van der Waals surface area contributed by atoms with Gasteiger partial charge in [0.05, 0.1) is 5.52 Å². The monoisotopic (exact) mass is 269 g/mol. The number of fused-ring (bicyclic) bond motifs is 1. The first-order valence-electron chi connectivity index (χ1n) is 4.40. The molecule has 0 saturated carbocycles. The van der Waals surface area contributed by atoms with Gasteiger partial charge in [-0.3, -0.25) is 9.89 Å². The molecule has 5 heteroatoms. The number of aryl methyl sites for hydroxylation is 1. The first-order chi connectivity index (χ1) is 7.19. The van der Waals surface area contributed by atoms with E-state index in [1.165, 1.54) is 5.39 Å². The summed E-state index contributed by atoms with van der Waals surface area (Å²) in [5.41, 5.74) is 2.13. The second kappa shape index (κ2) is 5.50. The van der Waals surface area contributed by atoms with E-state index < -0.39 is 0 Å². The molecule has 0 spiro atoms. The number of benzene rings is 1. The van der Waals surface area contributed by atoms with Gasteiger partial charge in [0.15, 0.2) is 0 Å². The predicted molar refractivity (Wildman–Crippen MR) is 63.7 cm³/mol. The lowest BCUT2D eigenvalue weighted by Crippen LogP contribution is -1.98. The van der Waals surface area contributed by atoms with Crippen molar-refractivity contribution in [1.29, 1.82) is 0 Å². The lowest BCUT2D eigenvalue weighted by molar-refractivity contribution is -0.109. The van der Waals surface area contributed by atoms with Gasteiger partial charge in [-0.1, -0.05) is 15.9 Å². The van der Waals surface area contributed by atoms with Crippen LogP contribution in [0.15, 0.2) is 22.7 Å². The molecule has 15 heavy (non-hydrogen) atoms. The van der Waals surface area contributed by atoms with Crippen LogP contribution in [0.2, 0.25) is 0 Å². The van der Waals surface area contributed by atoms with E-state index in [0.29, 0.717) is 6.41 Å². The summed E-state index contributed by atoms with van der Waals surface area (Å²) < 4.78 is 1.09. The lowest BCUT2D eigenvalue weighted by Gasteiger charge is -1.89. The molecular weight excluding hydrogens is 258 g/mol. The summed E-state index contributed by atoms with van der Waals surface area (Å²) >= 11 is 3.41. The van der Waals surface area contributed by atoms with Crippen molar-refractivity contribution in [3.63, 3.8) is 0 Å². The summed E-state index contributed by atoms with van der Waals surface area (Å²) in [6.07, 6.45) is 0.625. The number of aromatic amines is 1. The number of hydrogen-bond donors (Lipinski definition) is 2. The largest absolute Gasteiger partial charge is 0.362 e. The van der Waals surface area contributed by atoms with E-state index >= 15 is 0 Å². The third-order valence-electron chi connectivity index (χ3n) is 1.82. The van der Waals surface area contributed by atoms with Gasteiger partial charge in [-0.25, -0.2) is 0 Å². The fourth-order valence-electron chi connectivity index (χ4n) is 1.11. The second-order valence-electron chi connectivity index (χ2n) is 2.92. The molecule has 1 aromatic heterocycles. The van der Waals surface area contributed by atoms with E-state index in [9.17, 15) is 0 Å². The van der Waals surface area contributed by atoms with E-state index in [-0.39, 0.29) is 0 Å².